The molecular formula is C30H38N6O3. The smallest absolute Gasteiger partial charge is 0.318 e. The van der Waals surface area contributed by atoms with E-state index in [2.05, 4.69) is 52.6 Å². The molecule has 4 saturated heterocycles. The van der Waals surface area contributed by atoms with Gasteiger partial charge in [0, 0.05) is 43.8 Å². The molecule has 2 bridgehead atoms. The Morgan fingerprint density at radius 1 is 1.15 bits per heavy atom. The Hall–Kier alpha value is -3.01. The van der Waals surface area contributed by atoms with Crippen LogP contribution >= 0.6 is 0 Å². The van der Waals surface area contributed by atoms with Crippen molar-refractivity contribution in [3.05, 3.63) is 59.3 Å². The van der Waals surface area contributed by atoms with E-state index < -0.39 is 0 Å². The SMILES string of the molecule is C=CC(=O)N1CC2COCC1CN2c1nc(OC[C@@H]2CCCN2C)nc2c1CN(C1CCc3ccccc31)C2. The Morgan fingerprint density at radius 2 is 2.03 bits per heavy atom. The van der Waals surface area contributed by atoms with Crippen molar-refractivity contribution in [1.82, 2.24) is 24.7 Å². The molecule has 9 heteroatoms. The molecule has 0 radical (unpaired) electrons. The molecule has 8 rings (SSSR count). The summed E-state index contributed by atoms with van der Waals surface area (Å²) >= 11 is 0. The minimum absolute atomic E-state index is 0.0288. The first-order valence-electron chi connectivity index (χ1n) is 14.4. The number of piperazine rings is 1. The molecule has 2 aromatic rings. The van der Waals surface area contributed by atoms with Gasteiger partial charge in [-0.2, -0.15) is 9.97 Å². The van der Waals surface area contributed by atoms with E-state index in [0.29, 0.717) is 51.0 Å². The van der Waals surface area contributed by atoms with Crippen LogP contribution in [0.2, 0.25) is 0 Å². The Bertz CT molecular complexity index is 1270. The van der Waals surface area contributed by atoms with Crippen LogP contribution in [0.25, 0.3) is 0 Å². The summed E-state index contributed by atoms with van der Waals surface area (Å²) in [5, 5.41) is 0. The van der Waals surface area contributed by atoms with Crippen LogP contribution in [-0.4, -0.2) is 95.2 Å². The fourth-order valence-electron chi connectivity index (χ4n) is 7.26. The second-order valence-electron chi connectivity index (χ2n) is 11.7. The number of aromatic nitrogens is 2. The molecule has 6 heterocycles. The summed E-state index contributed by atoms with van der Waals surface area (Å²) in [5.41, 5.74) is 5.17. The lowest BCUT2D eigenvalue weighted by molar-refractivity contribution is -0.129. The molecule has 4 atom stereocenters. The van der Waals surface area contributed by atoms with Gasteiger partial charge in [0.05, 0.1) is 31.0 Å². The van der Waals surface area contributed by atoms with Crippen LogP contribution in [0.15, 0.2) is 36.9 Å². The van der Waals surface area contributed by atoms with E-state index in [9.17, 15) is 4.79 Å². The molecule has 1 aromatic carbocycles. The predicted octanol–water partition coefficient (Wildman–Crippen LogP) is 2.55. The maximum Gasteiger partial charge on any atom is 0.318 e. The Kier molecular flexibility index (Phi) is 6.53. The molecule has 5 aliphatic heterocycles. The van der Waals surface area contributed by atoms with E-state index in [0.717, 1.165) is 50.4 Å². The number of fused-ring (bicyclic) bond motifs is 6. The zero-order valence-electron chi connectivity index (χ0n) is 22.8. The molecule has 0 saturated carbocycles. The minimum Gasteiger partial charge on any atom is -0.462 e. The van der Waals surface area contributed by atoms with Crippen molar-refractivity contribution >= 4 is 11.7 Å². The quantitative estimate of drug-likeness (QED) is 0.528. The molecule has 1 aliphatic carbocycles. The van der Waals surface area contributed by atoms with Crippen LogP contribution in [0.5, 0.6) is 6.01 Å². The standard InChI is InChI=1S/C30H38N6O3/c1-3-28(37)35-13-23-18-38-17-22(35)14-36(23)29-25-15-34(27-11-10-20-7-4-5-9-24(20)27)16-26(25)31-30(32-29)39-19-21-8-6-12-33(21)2/h3-5,7,9,21-23,27H,1,6,8,10-19H2,2H3/t21-,22?,23?,27?/m0/s1. The molecule has 3 unspecified atom stereocenters. The molecule has 0 spiro atoms. The summed E-state index contributed by atoms with van der Waals surface area (Å²) in [6.45, 7) is 9.43. The molecule has 9 nitrogen and oxygen atoms in total. The summed E-state index contributed by atoms with van der Waals surface area (Å²) < 4.78 is 12.3. The molecule has 4 fully saturated rings. The largest absolute Gasteiger partial charge is 0.462 e. The van der Waals surface area contributed by atoms with Gasteiger partial charge in [-0.15, -0.1) is 0 Å². The van der Waals surface area contributed by atoms with Crippen molar-refractivity contribution in [2.45, 2.75) is 62.9 Å². The first-order valence-corrected chi connectivity index (χ1v) is 14.4. The van der Waals surface area contributed by atoms with Gasteiger partial charge in [-0.1, -0.05) is 30.8 Å². The molecule has 1 amide bonds. The van der Waals surface area contributed by atoms with Crippen molar-refractivity contribution in [2.75, 3.05) is 51.4 Å². The molecular weight excluding hydrogens is 492 g/mol. The van der Waals surface area contributed by atoms with E-state index >= 15 is 0 Å². The van der Waals surface area contributed by atoms with Crippen LogP contribution in [0, 0.1) is 0 Å². The molecule has 206 valence electrons. The van der Waals surface area contributed by atoms with Crippen LogP contribution < -0.4 is 9.64 Å². The average molecular weight is 531 g/mol. The average Bonchev–Trinajstić information content (AvgIpc) is 3.61. The fourth-order valence-corrected chi connectivity index (χ4v) is 7.26. The molecule has 1 aromatic heterocycles. The van der Waals surface area contributed by atoms with Crippen LogP contribution in [0.1, 0.15) is 47.7 Å². The number of likely N-dealkylation sites (tertiary alicyclic amines) is 1. The topological polar surface area (TPSA) is 74.3 Å². The van der Waals surface area contributed by atoms with Gasteiger partial charge in [0.25, 0.3) is 0 Å². The lowest BCUT2D eigenvalue weighted by atomic mass is 10.1. The van der Waals surface area contributed by atoms with Gasteiger partial charge in [0.2, 0.25) is 5.91 Å². The van der Waals surface area contributed by atoms with Crippen LogP contribution in [-0.2, 0) is 29.0 Å². The first-order chi connectivity index (χ1) is 19.1. The summed E-state index contributed by atoms with van der Waals surface area (Å²) in [5.74, 6) is 0.925. The number of carbonyl (C=O) groups excluding carboxylic acids is 1. The fraction of sp³-hybridized carbons (Fsp3) is 0.567. The Morgan fingerprint density at radius 3 is 2.87 bits per heavy atom. The van der Waals surface area contributed by atoms with E-state index in [1.165, 1.54) is 29.2 Å². The number of rotatable bonds is 6. The minimum atomic E-state index is -0.0319. The van der Waals surface area contributed by atoms with E-state index in [-0.39, 0.29) is 18.0 Å². The Labute approximate surface area is 230 Å². The van der Waals surface area contributed by atoms with Crippen molar-refractivity contribution in [2.24, 2.45) is 0 Å². The monoisotopic (exact) mass is 530 g/mol. The van der Waals surface area contributed by atoms with Gasteiger partial charge >= 0.3 is 6.01 Å². The van der Waals surface area contributed by atoms with Gasteiger partial charge in [-0.3, -0.25) is 9.69 Å². The highest BCUT2D eigenvalue weighted by atomic mass is 16.5. The van der Waals surface area contributed by atoms with Gasteiger partial charge in [0.15, 0.2) is 0 Å². The molecule has 39 heavy (non-hydrogen) atoms. The second kappa shape index (κ2) is 10.2. The second-order valence-corrected chi connectivity index (χ2v) is 11.7. The zero-order chi connectivity index (χ0) is 26.5. The Balaban J connectivity index is 1.20. The summed E-state index contributed by atoms with van der Waals surface area (Å²) in [7, 11) is 2.16. The number of likely N-dealkylation sites (N-methyl/N-ethyl adjacent to an activating group) is 1. The number of hydrogen-bond acceptors (Lipinski definition) is 8. The third-order valence-corrected chi connectivity index (χ3v) is 9.43. The van der Waals surface area contributed by atoms with E-state index in [4.69, 9.17) is 19.4 Å². The molecule has 0 N–H and O–H groups in total. The highest BCUT2D eigenvalue weighted by Crippen LogP contribution is 2.42. The van der Waals surface area contributed by atoms with E-state index in [1.54, 1.807) is 0 Å². The molecule has 6 aliphatic rings. The maximum atomic E-state index is 12.6. The van der Waals surface area contributed by atoms with Gasteiger partial charge in [0.1, 0.15) is 12.4 Å². The highest BCUT2D eigenvalue weighted by Gasteiger charge is 2.42. The zero-order valence-corrected chi connectivity index (χ0v) is 22.8. The number of ether oxygens (including phenoxy) is 2. The summed E-state index contributed by atoms with van der Waals surface area (Å²) in [4.78, 5) is 31.9. The third-order valence-electron chi connectivity index (χ3n) is 9.43. The van der Waals surface area contributed by atoms with Crippen molar-refractivity contribution in [3.63, 3.8) is 0 Å². The number of benzene rings is 1. The number of nitrogens with zero attached hydrogens (tertiary/aromatic N) is 6. The third kappa shape index (κ3) is 4.50. The predicted molar refractivity (Wildman–Crippen MR) is 148 cm³/mol. The first kappa shape index (κ1) is 25.0. The number of carbonyl (C=O) groups is 1. The number of amides is 1. The van der Waals surface area contributed by atoms with Crippen LogP contribution in [0.4, 0.5) is 5.82 Å². The highest BCUT2D eigenvalue weighted by molar-refractivity contribution is 5.87. The number of anilines is 1. The normalized spacial score (nSPS) is 28.4. The summed E-state index contributed by atoms with van der Waals surface area (Å²) in [6.07, 6.45) is 6.01. The lowest BCUT2D eigenvalue weighted by Gasteiger charge is -2.43. The summed E-state index contributed by atoms with van der Waals surface area (Å²) in [6, 6.07) is 10.1. The van der Waals surface area contributed by atoms with Crippen molar-refractivity contribution < 1.29 is 14.3 Å². The van der Waals surface area contributed by atoms with E-state index in [1.807, 2.05) is 4.90 Å². The lowest BCUT2D eigenvalue weighted by Crippen LogP contribution is -2.59. The maximum absolute atomic E-state index is 12.6. The van der Waals surface area contributed by atoms with Crippen molar-refractivity contribution in [3.8, 4) is 6.01 Å². The van der Waals surface area contributed by atoms with Gasteiger partial charge in [-0.25, -0.2) is 0 Å². The van der Waals surface area contributed by atoms with Crippen molar-refractivity contribution in [1.29, 1.82) is 0 Å². The number of aryl methyl sites for hydroxylation is 1. The van der Waals surface area contributed by atoms with Gasteiger partial charge in [-0.05, 0) is 56.5 Å². The van der Waals surface area contributed by atoms with Gasteiger partial charge < -0.3 is 24.2 Å². The number of hydrogen-bond donors (Lipinski definition) is 0. The van der Waals surface area contributed by atoms with Crippen LogP contribution in [0.3, 0.4) is 0 Å².